The maximum Gasteiger partial charge on any atom is 0.167 e. The normalized spacial score (nSPS) is 24.1. The third kappa shape index (κ3) is 6.76. The number of rotatable bonds is 11. The molecule has 224 valence electrons. The molecule has 2 unspecified atom stereocenters. The van der Waals surface area contributed by atoms with E-state index in [4.69, 9.17) is 4.74 Å². The van der Waals surface area contributed by atoms with Crippen molar-refractivity contribution in [1.29, 1.82) is 0 Å². The standard InChI is InChI=1S/C36H46F4O/c1-3-5-6-12-30-18-17-27(22-41-30)24-15-13-23(14-16-24)10-7-8-11-26-20-29-21-28-19-25(9-4-2)33(37)35(39)31(28)32(29)36(40)34(26)38/h7,10,19-20,23-24,27,30H,3-6,8-9,11-18,21-22H2,1-2H3/b10-7+. The summed E-state index contributed by atoms with van der Waals surface area (Å²) >= 11 is 0. The maximum absolute atomic E-state index is 15.2. The molecule has 1 saturated heterocycles. The molecule has 2 aliphatic carbocycles. The van der Waals surface area contributed by atoms with E-state index in [1.54, 1.807) is 12.1 Å². The highest BCUT2D eigenvalue weighted by molar-refractivity contribution is 5.79. The Morgan fingerprint density at radius 2 is 1.37 bits per heavy atom. The molecule has 1 heterocycles. The Bertz CT molecular complexity index is 1220. The van der Waals surface area contributed by atoms with Gasteiger partial charge in [0.25, 0.3) is 0 Å². The van der Waals surface area contributed by atoms with Crippen molar-refractivity contribution in [3.63, 3.8) is 0 Å². The minimum atomic E-state index is -1.06. The van der Waals surface area contributed by atoms with E-state index in [2.05, 4.69) is 19.1 Å². The number of aryl methyl sites for hydroxylation is 2. The first-order valence-corrected chi connectivity index (χ1v) is 16.2. The minimum Gasteiger partial charge on any atom is -0.378 e. The highest BCUT2D eigenvalue weighted by Gasteiger charge is 2.32. The van der Waals surface area contributed by atoms with Crippen LogP contribution >= 0.6 is 0 Å². The number of halogens is 4. The van der Waals surface area contributed by atoms with Crippen LogP contribution in [0.5, 0.6) is 0 Å². The lowest BCUT2D eigenvalue weighted by Gasteiger charge is -2.37. The van der Waals surface area contributed by atoms with E-state index in [-0.39, 0.29) is 11.1 Å². The summed E-state index contributed by atoms with van der Waals surface area (Å²) in [6.07, 6.45) is 19.7. The van der Waals surface area contributed by atoms with E-state index in [0.29, 0.717) is 72.3 Å². The smallest absolute Gasteiger partial charge is 0.167 e. The molecular weight excluding hydrogens is 524 g/mol. The molecule has 5 rings (SSSR count). The van der Waals surface area contributed by atoms with Gasteiger partial charge in [0.15, 0.2) is 23.3 Å². The van der Waals surface area contributed by atoms with E-state index < -0.39 is 23.3 Å². The third-order valence-electron chi connectivity index (χ3n) is 9.88. The van der Waals surface area contributed by atoms with Gasteiger partial charge in [-0.3, -0.25) is 0 Å². The van der Waals surface area contributed by atoms with Gasteiger partial charge in [-0.1, -0.05) is 63.8 Å². The van der Waals surface area contributed by atoms with Crippen LogP contribution in [0.25, 0.3) is 11.1 Å². The van der Waals surface area contributed by atoms with Gasteiger partial charge < -0.3 is 4.74 Å². The van der Waals surface area contributed by atoms with Crippen LogP contribution in [0.4, 0.5) is 17.6 Å². The van der Waals surface area contributed by atoms with Crippen molar-refractivity contribution in [1.82, 2.24) is 0 Å². The molecule has 1 aliphatic heterocycles. The molecule has 0 N–H and O–H groups in total. The van der Waals surface area contributed by atoms with E-state index in [1.807, 2.05) is 6.92 Å². The Hall–Kier alpha value is -2.14. The molecule has 0 spiro atoms. The van der Waals surface area contributed by atoms with Crippen LogP contribution in [0.3, 0.4) is 0 Å². The molecule has 1 saturated carbocycles. The zero-order valence-electron chi connectivity index (χ0n) is 24.9. The Balaban J connectivity index is 1.12. The first kappa shape index (κ1) is 30.3. The van der Waals surface area contributed by atoms with Crippen LogP contribution in [0.2, 0.25) is 0 Å². The fraction of sp³-hybridized carbons (Fsp3) is 0.611. The Kier molecular flexibility index (Phi) is 10.3. The van der Waals surface area contributed by atoms with Gasteiger partial charge >= 0.3 is 0 Å². The SMILES string of the molecule is CCCCCC1CCC(C2CCC(/C=C/CCc3cc4c(c(F)c3F)-c3c(cc(CCC)c(F)c3F)C4)CC2)CO1. The minimum absolute atomic E-state index is 0.108. The van der Waals surface area contributed by atoms with Gasteiger partial charge in [-0.25, -0.2) is 17.6 Å². The molecule has 0 aromatic heterocycles. The highest BCUT2D eigenvalue weighted by atomic mass is 19.2. The molecule has 2 aromatic rings. The molecule has 0 bridgehead atoms. The van der Waals surface area contributed by atoms with Crippen molar-refractivity contribution in [2.75, 3.05) is 6.61 Å². The van der Waals surface area contributed by atoms with Crippen molar-refractivity contribution in [2.45, 2.75) is 116 Å². The van der Waals surface area contributed by atoms with Crippen LogP contribution in [0.1, 0.15) is 113 Å². The summed E-state index contributed by atoms with van der Waals surface area (Å²) in [6.45, 7) is 5.07. The lowest BCUT2D eigenvalue weighted by atomic mass is 9.73. The van der Waals surface area contributed by atoms with E-state index >= 15 is 8.78 Å². The molecule has 0 amide bonds. The molecule has 2 aromatic carbocycles. The predicted molar refractivity (Wildman–Crippen MR) is 158 cm³/mol. The van der Waals surface area contributed by atoms with Crippen molar-refractivity contribution in [2.24, 2.45) is 17.8 Å². The van der Waals surface area contributed by atoms with Gasteiger partial charge in [-0.15, -0.1) is 0 Å². The number of unbranched alkanes of at least 4 members (excludes halogenated alkanes) is 2. The monoisotopic (exact) mass is 570 g/mol. The van der Waals surface area contributed by atoms with Crippen molar-refractivity contribution in [3.05, 3.63) is 69.8 Å². The quantitative estimate of drug-likeness (QED) is 0.127. The average Bonchev–Trinajstić information content (AvgIpc) is 3.35. The van der Waals surface area contributed by atoms with E-state index in [9.17, 15) is 8.78 Å². The summed E-state index contributed by atoms with van der Waals surface area (Å²) in [7, 11) is 0. The van der Waals surface area contributed by atoms with E-state index in [0.717, 1.165) is 12.5 Å². The number of hydrogen-bond donors (Lipinski definition) is 0. The zero-order valence-corrected chi connectivity index (χ0v) is 24.9. The maximum atomic E-state index is 15.2. The molecule has 2 atom stereocenters. The Morgan fingerprint density at radius 1 is 0.732 bits per heavy atom. The summed E-state index contributed by atoms with van der Waals surface area (Å²) in [5, 5.41) is 0. The topological polar surface area (TPSA) is 9.23 Å². The Morgan fingerprint density at radius 3 is 1.95 bits per heavy atom. The van der Waals surface area contributed by atoms with Crippen LogP contribution in [0.15, 0.2) is 24.3 Å². The second-order valence-electron chi connectivity index (χ2n) is 12.8. The van der Waals surface area contributed by atoms with Crippen LogP contribution < -0.4 is 0 Å². The highest BCUT2D eigenvalue weighted by Crippen LogP contribution is 2.44. The summed E-state index contributed by atoms with van der Waals surface area (Å²) < 4.78 is 66.0. The average molecular weight is 571 g/mol. The van der Waals surface area contributed by atoms with Gasteiger partial charge in [0.1, 0.15) is 0 Å². The fourth-order valence-corrected chi connectivity index (χ4v) is 7.52. The second kappa shape index (κ2) is 13.9. The van der Waals surface area contributed by atoms with Crippen LogP contribution in [-0.2, 0) is 24.0 Å². The number of fused-ring (bicyclic) bond motifs is 3. The zero-order chi connectivity index (χ0) is 28.9. The lowest BCUT2D eigenvalue weighted by molar-refractivity contribution is -0.0419. The first-order valence-electron chi connectivity index (χ1n) is 16.2. The van der Waals surface area contributed by atoms with E-state index in [1.165, 1.54) is 64.2 Å². The van der Waals surface area contributed by atoms with Crippen LogP contribution in [-0.4, -0.2) is 12.7 Å². The first-order chi connectivity index (χ1) is 19.9. The van der Waals surface area contributed by atoms with Crippen molar-refractivity contribution < 1.29 is 22.3 Å². The number of hydrogen-bond acceptors (Lipinski definition) is 1. The molecule has 0 radical (unpaired) electrons. The van der Waals surface area contributed by atoms with Crippen LogP contribution in [0, 0.1) is 41.0 Å². The Labute approximate surface area is 243 Å². The van der Waals surface area contributed by atoms with Gasteiger partial charge in [0.2, 0.25) is 0 Å². The summed E-state index contributed by atoms with van der Waals surface area (Å²) in [5.74, 6) is -1.99. The molecule has 5 heteroatoms. The second-order valence-corrected chi connectivity index (χ2v) is 12.8. The lowest BCUT2D eigenvalue weighted by Crippen LogP contribution is -2.32. The molecule has 3 aliphatic rings. The van der Waals surface area contributed by atoms with Gasteiger partial charge in [-0.05, 0) is 111 Å². The number of allylic oxidation sites excluding steroid dienone is 2. The molecule has 41 heavy (non-hydrogen) atoms. The van der Waals surface area contributed by atoms with Crippen molar-refractivity contribution in [3.8, 4) is 11.1 Å². The van der Waals surface area contributed by atoms with Gasteiger partial charge in [0, 0.05) is 11.1 Å². The van der Waals surface area contributed by atoms with Crippen molar-refractivity contribution >= 4 is 0 Å². The third-order valence-corrected chi connectivity index (χ3v) is 9.88. The molecule has 1 nitrogen and oxygen atoms in total. The summed E-state index contributed by atoms with van der Waals surface area (Å²) in [6, 6.07) is 3.28. The van der Waals surface area contributed by atoms with Gasteiger partial charge in [-0.2, -0.15) is 0 Å². The number of ether oxygens (including phenoxy) is 1. The molecular formula is C36H46F4O. The largest absolute Gasteiger partial charge is 0.378 e. The summed E-state index contributed by atoms with van der Waals surface area (Å²) in [4.78, 5) is 0. The fourth-order valence-electron chi connectivity index (χ4n) is 7.52. The van der Waals surface area contributed by atoms with Gasteiger partial charge in [0.05, 0.1) is 12.7 Å². The molecule has 2 fully saturated rings. The predicted octanol–water partition coefficient (Wildman–Crippen LogP) is 10.4. The number of benzene rings is 2. The summed E-state index contributed by atoms with van der Waals surface area (Å²) in [5.41, 5.74) is 1.48.